The zero-order chi connectivity index (χ0) is 18.6. The Labute approximate surface area is 156 Å². The summed E-state index contributed by atoms with van der Waals surface area (Å²) < 4.78 is 5.16. The second kappa shape index (κ2) is 11.0. The Hall–Kier alpha value is -2.68. The third-order valence-corrected chi connectivity index (χ3v) is 4.23. The van der Waals surface area contributed by atoms with E-state index in [9.17, 15) is 4.79 Å². The van der Waals surface area contributed by atoms with Crippen molar-refractivity contribution < 1.29 is 9.53 Å². The number of carbonyl (C=O) groups is 1. The molecule has 0 aliphatic carbocycles. The number of hydrogen-bond acceptors (Lipinski definition) is 3. The van der Waals surface area contributed by atoms with Crippen LogP contribution in [0.15, 0.2) is 73.6 Å². The molecule has 1 atom stereocenters. The molecule has 3 nitrogen and oxygen atoms in total. The Bertz CT molecular complexity index is 666. The minimum absolute atomic E-state index is 0.0978. The number of rotatable bonds is 10. The van der Waals surface area contributed by atoms with E-state index in [2.05, 4.69) is 35.8 Å². The number of pyridine rings is 1. The van der Waals surface area contributed by atoms with Gasteiger partial charge in [0.05, 0.1) is 12.5 Å². The molecule has 26 heavy (non-hydrogen) atoms. The molecular weight excluding hydrogens is 322 g/mol. The largest absolute Gasteiger partial charge is 0.466 e. The van der Waals surface area contributed by atoms with Crippen LogP contribution in [0.2, 0.25) is 0 Å². The van der Waals surface area contributed by atoms with E-state index in [-0.39, 0.29) is 11.9 Å². The number of hydrogen-bond donors (Lipinski definition) is 0. The SMILES string of the molecule is C=CCC(CCC/C=C(\c1ccccc1)c1cccnc1)C(=O)OCC. The van der Waals surface area contributed by atoms with Gasteiger partial charge in [-0.3, -0.25) is 9.78 Å². The van der Waals surface area contributed by atoms with E-state index in [1.54, 1.807) is 12.3 Å². The molecule has 0 bridgehead atoms. The summed E-state index contributed by atoms with van der Waals surface area (Å²) in [7, 11) is 0. The van der Waals surface area contributed by atoms with Gasteiger partial charge in [-0.25, -0.2) is 0 Å². The van der Waals surface area contributed by atoms with Crippen LogP contribution in [0, 0.1) is 5.92 Å². The van der Waals surface area contributed by atoms with Crippen LogP contribution in [0.4, 0.5) is 0 Å². The molecular formula is C23H27NO2. The standard InChI is InChI=1S/C23H27NO2/c1-3-11-20(23(25)26-4-2)14-8-9-16-22(19-12-6-5-7-13-19)21-15-10-17-24-18-21/h3,5-7,10,12-13,15-18,20H,1,4,8-9,11,14H2,2H3/b22-16+. The number of unbranched alkanes of at least 4 members (excludes halogenated alkanes) is 1. The van der Waals surface area contributed by atoms with Crippen LogP contribution in [0.3, 0.4) is 0 Å². The third kappa shape index (κ3) is 5.99. The number of ether oxygens (including phenoxy) is 1. The van der Waals surface area contributed by atoms with Crippen molar-refractivity contribution in [1.29, 1.82) is 0 Å². The van der Waals surface area contributed by atoms with E-state index >= 15 is 0 Å². The van der Waals surface area contributed by atoms with E-state index < -0.39 is 0 Å². The first-order valence-electron chi connectivity index (χ1n) is 9.19. The number of esters is 1. The van der Waals surface area contributed by atoms with E-state index in [1.165, 1.54) is 11.1 Å². The van der Waals surface area contributed by atoms with Crippen molar-refractivity contribution in [1.82, 2.24) is 4.98 Å². The summed E-state index contributed by atoms with van der Waals surface area (Å²) in [6.45, 7) is 6.01. The lowest BCUT2D eigenvalue weighted by Crippen LogP contribution is -2.17. The molecule has 0 radical (unpaired) electrons. The highest BCUT2D eigenvalue weighted by Crippen LogP contribution is 2.24. The fourth-order valence-electron chi connectivity index (χ4n) is 2.95. The van der Waals surface area contributed by atoms with Gasteiger partial charge in [-0.15, -0.1) is 6.58 Å². The summed E-state index contributed by atoms with van der Waals surface area (Å²) in [5, 5.41) is 0. The van der Waals surface area contributed by atoms with Gasteiger partial charge in [-0.2, -0.15) is 0 Å². The second-order valence-corrected chi connectivity index (χ2v) is 6.13. The number of aromatic nitrogens is 1. The molecule has 0 aliphatic rings. The molecule has 1 aromatic heterocycles. The molecule has 0 saturated carbocycles. The number of benzene rings is 1. The number of allylic oxidation sites excluding steroid dienone is 2. The molecule has 0 saturated heterocycles. The van der Waals surface area contributed by atoms with Crippen molar-refractivity contribution in [3.8, 4) is 0 Å². The lowest BCUT2D eigenvalue weighted by atomic mass is 9.95. The maximum absolute atomic E-state index is 12.0. The molecule has 3 heteroatoms. The van der Waals surface area contributed by atoms with Crippen LogP contribution in [0.5, 0.6) is 0 Å². The predicted molar refractivity (Wildman–Crippen MR) is 107 cm³/mol. The fraction of sp³-hybridized carbons (Fsp3) is 0.304. The molecule has 0 spiro atoms. The highest BCUT2D eigenvalue weighted by Gasteiger charge is 2.17. The van der Waals surface area contributed by atoms with Crippen LogP contribution in [-0.4, -0.2) is 17.6 Å². The van der Waals surface area contributed by atoms with Crippen LogP contribution < -0.4 is 0 Å². The lowest BCUT2D eigenvalue weighted by molar-refractivity contribution is -0.148. The van der Waals surface area contributed by atoms with E-state index in [0.717, 1.165) is 24.8 Å². The average molecular weight is 349 g/mol. The smallest absolute Gasteiger partial charge is 0.309 e. The molecule has 2 aromatic rings. The highest BCUT2D eigenvalue weighted by atomic mass is 16.5. The van der Waals surface area contributed by atoms with Crippen molar-refractivity contribution in [2.45, 2.75) is 32.6 Å². The summed E-state index contributed by atoms with van der Waals surface area (Å²) in [6.07, 6.45) is 11.0. The van der Waals surface area contributed by atoms with Gasteiger partial charge in [0.25, 0.3) is 0 Å². The van der Waals surface area contributed by atoms with Gasteiger partial charge in [0.15, 0.2) is 0 Å². The maximum Gasteiger partial charge on any atom is 0.309 e. The van der Waals surface area contributed by atoms with E-state index in [1.807, 2.05) is 37.4 Å². The zero-order valence-corrected chi connectivity index (χ0v) is 15.4. The molecule has 1 heterocycles. The van der Waals surface area contributed by atoms with Gasteiger partial charge < -0.3 is 4.74 Å². The predicted octanol–water partition coefficient (Wildman–Crippen LogP) is 5.44. The first-order chi connectivity index (χ1) is 12.8. The van der Waals surface area contributed by atoms with Crippen LogP contribution in [-0.2, 0) is 9.53 Å². The van der Waals surface area contributed by atoms with Crippen molar-refractivity contribution >= 4 is 11.5 Å². The molecule has 0 fully saturated rings. The van der Waals surface area contributed by atoms with Crippen molar-refractivity contribution in [2.24, 2.45) is 5.92 Å². The monoisotopic (exact) mass is 349 g/mol. The fourth-order valence-corrected chi connectivity index (χ4v) is 2.95. The van der Waals surface area contributed by atoms with Gasteiger partial charge in [0.2, 0.25) is 0 Å². The van der Waals surface area contributed by atoms with Crippen LogP contribution in [0.1, 0.15) is 43.7 Å². The normalized spacial score (nSPS) is 12.4. The van der Waals surface area contributed by atoms with Gasteiger partial charge in [0, 0.05) is 18.0 Å². The Morgan fingerprint density at radius 2 is 1.96 bits per heavy atom. The molecule has 1 aromatic carbocycles. The maximum atomic E-state index is 12.0. The highest BCUT2D eigenvalue weighted by molar-refractivity contribution is 5.79. The van der Waals surface area contributed by atoms with Crippen LogP contribution >= 0.6 is 0 Å². The van der Waals surface area contributed by atoms with Gasteiger partial charge in [0.1, 0.15) is 0 Å². The first kappa shape index (κ1) is 19.6. The summed E-state index contributed by atoms with van der Waals surface area (Å²) in [5.74, 6) is -0.216. The summed E-state index contributed by atoms with van der Waals surface area (Å²) in [6, 6.07) is 14.3. The first-order valence-corrected chi connectivity index (χ1v) is 9.19. The molecule has 2 rings (SSSR count). The van der Waals surface area contributed by atoms with Crippen molar-refractivity contribution in [2.75, 3.05) is 6.61 Å². The summed E-state index contributed by atoms with van der Waals surface area (Å²) in [5.41, 5.74) is 3.45. The second-order valence-electron chi connectivity index (χ2n) is 6.13. The number of nitrogens with zero attached hydrogens (tertiary/aromatic N) is 1. The Morgan fingerprint density at radius 3 is 2.62 bits per heavy atom. The van der Waals surface area contributed by atoms with E-state index in [0.29, 0.717) is 13.0 Å². The molecule has 136 valence electrons. The van der Waals surface area contributed by atoms with Crippen molar-refractivity contribution in [3.05, 3.63) is 84.7 Å². The topological polar surface area (TPSA) is 39.2 Å². The quantitative estimate of drug-likeness (QED) is 0.326. The summed E-state index contributed by atoms with van der Waals surface area (Å²) >= 11 is 0. The Balaban J connectivity index is 2.06. The van der Waals surface area contributed by atoms with Gasteiger partial charge >= 0.3 is 5.97 Å². The summed E-state index contributed by atoms with van der Waals surface area (Å²) in [4.78, 5) is 16.3. The third-order valence-electron chi connectivity index (χ3n) is 4.23. The molecule has 1 unspecified atom stereocenters. The Kier molecular flexibility index (Phi) is 8.34. The number of carbonyl (C=O) groups excluding carboxylic acids is 1. The molecule has 0 amide bonds. The minimum Gasteiger partial charge on any atom is -0.466 e. The molecule has 0 N–H and O–H groups in total. The lowest BCUT2D eigenvalue weighted by Gasteiger charge is -2.13. The van der Waals surface area contributed by atoms with Crippen molar-refractivity contribution in [3.63, 3.8) is 0 Å². The van der Waals surface area contributed by atoms with Gasteiger partial charge in [-0.05, 0) is 49.8 Å². The Morgan fingerprint density at radius 1 is 1.19 bits per heavy atom. The molecule has 0 aliphatic heterocycles. The minimum atomic E-state index is -0.119. The van der Waals surface area contributed by atoms with E-state index in [4.69, 9.17) is 4.74 Å². The van der Waals surface area contributed by atoms with Gasteiger partial charge in [-0.1, -0.05) is 48.6 Å². The zero-order valence-electron chi connectivity index (χ0n) is 15.4. The van der Waals surface area contributed by atoms with Crippen LogP contribution in [0.25, 0.3) is 5.57 Å². The average Bonchev–Trinajstić information content (AvgIpc) is 2.68.